The van der Waals surface area contributed by atoms with E-state index in [2.05, 4.69) is 15.5 Å². The lowest BCUT2D eigenvalue weighted by molar-refractivity contribution is -0.128. The first-order valence-corrected chi connectivity index (χ1v) is 8.52. The minimum atomic E-state index is -0.345. The van der Waals surface area contributed by atoms with Gasteiger partial charge in [-0.2, -0.15) is 0 Å². The Morgan fingerprint density at radius 3 is 2.79 bits per heavy atom. The molecule has 2 aromatic rings. The summed E-state index contributed by atoms with van der Waals surface area (Å²) in [7, 11) is 0. The van der Waals surface area contributed by atoms with Crippen LogP contribution in [0.2, 0.25) is 0 Å². The van der Waals surface area contributed by atoms with E-state index < -0.39 is 0 Å². The number of likely N-dealkylation sites (tertiary alicyclic amines) is 1. The van der Waals surface area contributed by atoms with Gasteiger partial charge in [-0.15, -0.1) is 10.2 Å². The second-order valence-electron chi connectivity index (χ2n) is 5.63. The van der Waals surface area contributed by atoms with E-state index in [1.165, 1.54) is 23.5 Å². The number of carbonyl (C=O) groups is 2. The van der Waals surface area contributed by atoms with Crippen molar-refractivity contribution in [1.29, 1.82) is 0 Å². The Bertz CT molecular complexity index is 747. The zero-order chi connectivity index (χ0) is 17.1. The largest absolute Gasteiger partial charge is 0.342 e. The first kappa shape index (κ1) is 16.5. The number of nitrogens with one attached hydrogen (secondary N) is 1. The molecule has 0 unspecified atom stereocenters. The van der Waals surface area contributed by atoms with Crippen molar-refractivity contribution in [1.82, 2.24) is 15.1 Å². The van der Waals surface area contributed by atoms with Crippen LogP contribution in [0.3, 0.4) is 0 Å². The molecule has 0 aliphatic carbocycles. The van der Waals surface area contributed by atoms with Gasteiger partial charge in [-0.3, -0.25) is 9.59 Å². The number of anilines is 1. The quantitative estimate of drug-likeness (QED) is 0.898. The third-order valence-electron chi connectivity index (χ3n) is 3.93. The van der Waals surface area contributed by atoms with Crippen LogP contribution in [0.25, 0.3) is 0 Å². The third kappa shape index (κ3) is 3.76. The van der Waals surface area contributed by atoms with Crippen molar-refractivity contribution < 1.29 is 14.0 Å². The van der Waals surface area contributed by atoms with Gasteiger partial charge < -0.3 is 10.2 Å². The highest BCUT2D eigenvalue weighted by molar-refractivity contribution is 7.15. The van der Waals surface area contributed by atoms with Crippen LogP contribution in [0.5, 0.6) is 0 Å². The van der Waals surface area contributed by atoms with Crippen LogP contribution in [0.4, 0.5) is 9.52 Å². The normalized spacial score (nSPS) is 17.3. The molecule has 1 N–H and O–H groups in total. The lowest BCUT2D eigenvalue weighted by atomic mass is 10.1. The predicted octanol–water partition coefficient (Wildman–Crippen LogP) is 2.07. The maximum Gasteiger partial charge on any atom is 0.231 e. The summed E-state index contributed by atoms with van der Waals surface area (Å²) < 4.78 is 12.9. The second kappa shape index (κ2) is 7.04. The van der Waals surface area contributed by atoms with Gasteiger partial charge in [0.25, 0.3) is 0 Å². The molecule has 1 aromatic heterocycles. The van der Waals surface area contributed by atoms with E-state index in [9.17, 15) is 14.0 Å². The van der Waals surface area contributed by atoms with Gasteiger partial charge in [0.1, 0.15) is 10.8 Å². The van der Waals surface area contributed by atoms with E-state index in [0.29, 0.717) is 24.6 Å². The monoisotopic (exact) mass is 348 g/mol. The molecule has 2 amide bonds. The highest BCUT2D eigenvalue weighted by Crippen LogP contribution is 2.22. The zero-order valence-corrected chi connectivity index (χ0v) is 14.0. The van der Waals surface area contributed by atoms with Crippen LogP contribution in [0.1, 0.15) is 23.9 Å². The average Bonchev–Trinajstić information content (AvgIpc) is 3.16. The zero-order valence-electron chi connectivity index (χ0n) is 13.2. The van der Waals surface area contributed by atoms with E-state index in [0.717, 1.165) is 10.6 Å². The number of benzene rings is 1. The molecule has 24 heavy (non-hydrogen) atoms. The first-order valence-electron chi connectivity index (χ1n) is 7.70. The molecule has 0 bridgehead atoms. The summed E-state index contributed by atoms with van der Waals surface area (Å²) in [5.74, 6) is -0.825. The molecule has 1 atom stereocenters. The lowest BCUT2D eigenvalue weighted by Crippen LogP contribution is -2.28. The molecule has 1 fully saturated rings. The number of carbonyl (C=O) groups excluding carboxylic acids is 2. The fraction of sp³-hybridized carbons (Fsp3) is 0.375. The van der Waals surface area contributed by atoms with Crippen LogP contribution in [-0.4, -0.2) is 40.0 Å². The summed E-state index contributed by atoms with van der Waals surface area (Å²) >= 11 is 1.28. The smallest absolute Gasteiger partial charge is 0.231 e. The van der Waals surface area contributed by atoms with Crippen molar-refractivity contribution in [3.8, 4) is 0 Å². The van der Waals surface area contributed by atoms with Crippen LogP contribution >= 0.6 is 11.3 Å². The summed E-state index contributed by atoms with van der Waals surface area (Å²) in [5, 5.41) is 11.9. The lowest BCUT2D eigenvalue weighted by Gasteiger charge is -2.12. The maximum atomic E-state index is 12.9. The number of rotatable bonds is 5. The number of hydrogen-bond acceptors (Lipinski definition) is 5. The van der Waals surface area contributed by atoms with E-state index >= 15 is 0 Å². The Kier molecular flexibility index (Phi) is 4.84. The predicted molar refractivity (Wildman–Crippen MR) is 88.1 cm³/mol. The molecular weight excluding hydrogens is 331 g/mol. The summed E-state index contributed by atoms with van der Waals surface area (Å²) in [5.41, 5.74) is 0.922. The van der Waals surface area contributed by atoms with E-state index in [4.69, 9.17) is 0 Å². The number of amides is 2. The van der Waals surface area contributed by atoms with Crippen molar-refractivity contribution in [3.05, 3.63) is 40.7 Å². The van der Waals surface area contributed by atoms with Gasteiger partial charge in [0, 0.05) is 25.9 Å². The van der Waals surface area contributed by atoms with Crippen molar-refractivity contribution in [2.24, 2.45) is 5.92 Å². The van der Waals surface area contributed by atoms with Gasteiger partial charge in [0.05, 0.1) is 5.92 Å². The SMILES string of the molecule is CCN1C[C@@H](C(=O)Nc2nnc(Cc3ccc(F)cc3)s2)CC1=O. The van der Waals surface area contributed by atoms with Gasteiger partial charge in [-0.1, -0.05) is 23.5 Å². The Balaban J connectivity index is 1.59. The summed E-state index contributed by atoms with van der Waals surface area (Å²) in [6.07, 6.45) is 0.764. The van der Waals surface area contributed by atoms with Crippen LogP contribution in [0.15, 0.2) is 24.3 Å². The molecule has 0 radical (unpaired) electrons. The van der Waals surface area contributed by atoms with Crippen LogP contribution in [-0.2, 0) is 16.0 Å². The van der Waals surface area contributed by atoms with E-state index in [1.54, 1.807) is 17.0 Å². The number of aromatic nitrogens is 2. The molecule has 1 aliphatic heterocycles. The standard InChI is InChI=1S/C16H17FN4O2S/c1-2-21-9-11(8-14(21)22)15(23)18-16-20-19-13(24-16)7-10-3-5-12(17)6-4-10/h3-6,11H,2,7-9H2,1H3,(H,18,20,23)/t11-/m0/s1. The van der Waals surface area contributed by atoms with Gasteiger partial charge in [-0.05, 0) is 24.6 Å². The highest BCUT2D eigenvalue weighted by Gasteiger charge is 2.33. The van der Waals surface area contributed by atoms with Crippen molar-refractivity contribution in [3.63, 3.8) is 0 Å². The molecule has 0 saturated carbocycles. The highest BCUT2D eigenvalue weighted by atomic mass is 32.1. The van der Waals surface area contributed by atoms with Crippen molar-refractivity contribution in [2.75, 3.05) is 18.4 Å². The minimum Gasteiger partial charge on any atom is -0.342 e. The van der Waals surface area contributed by atoms with Crippen LogP contribution < -0.4 is 5.32 Å². The topological polar surface area (TPSA) is 75.2 Å². The Morgan fingerprint density at radius 2 is 2.12 bits per heavy atom. The van der Waals surface area contributed by atoms with Gasteiger partial charge in [-0.25, -0.2) is 4.39 Å². The molecule has 1 saturated heterocycles. The van der Waals surface area contributed by atoms with Crippen molar-refractivity contribution in [2.45, 2.75) is 19.8 Å². The van der Waals surface area contributed by atoms with E-state index in [-0.39, 0.29) is 30.0 Å². The fourth-order valence-electron chi connectivity index (χ4n) is 2.61. The Hall–Kier alpha value is -2.35. The minimum absolute atomic E-state index is 0.00640. The molecule has 1 aromatic carbocycles. The molecule has 2 heterocycles. The molecule has 6 nitrogen and oxygen atoms in total. The van der Waals surface area contributed by atoms with Gasteiger partial charge in [0.2, 0.25) is 16.9 Å². The summed E-state index contributed by atoms with van der Waals surface area (Å²) in [6.45, 7) is 2.95. The average molecular weight is 348 g/mol. The Morgan fingerprint density at radius 1 is 1.38 bits per heavy atom. The van der Waals surface area contributed by atoms with Crippen molar-refractivity contribution >= 4 is 28.3 Å². The maximum absolute atomic E-state index is 12.9. The number of nitrogens with zero attached hydrogens (tertiary/aromatic N) is 3. The molecule has 126 valence electrons. The first-order chi connectivity index (χ1) is 11.5. The van der Waals surface area contributed by atoms with Crippen LogP contribution in [0, 0.1) is 11.7 Å². The van der Waals surface area contributed by atoms with E-state index in [1.807, 2.05) is 6.92 Å². The molecule has 8 heteroatoms. The third-order valence-corrected chi connectivity index (χ3v) is 4.77. The number of halogens is 1. The van der Waals surface area contributed by atoms with Gasteiger partial charge >= 0.3 is 0 Å². The fourth-order valence-corrected chi connectivity index (χ4v) is 3.39. The second-order valence-corrected chi connectivity index (χ2v) is 6.69. The van der Waals surface area contributed by atoms with Gasteiger partial charge in [0.15, 0.2) is 0 Å². The molecule has 3 rings (SSSR count). The molecule has 1 aliphatic rings. The summed E-state index contributed by atoms with van der Waals surface area (Å²) in [4.78, 5) is 25.6. The summed E-state index contributed by atoms with van der Waals surface area (Å²) in [6, 6.07) is 6.18. The number of hydrogen-bond donors (Lipinski definition) is 1. The Labute approximate surface area is 142 Å². The molecular formula is C16H17FN4O2S. The molecule has 0 spiro atoms.